The molecule has 20 heteroatoms. The van der Waals surface area contributed by atoms with E-state index >= 15 is 0 Å². The molecule has 3 heterocycles. The predicted octanol–water partition coefficient (Wildman–Crippen LogP) is 6.07. The number of benzene rings is 4. The van der Waals surface area contributed by atoms with Crippen LogP contribution >= 0.6 is 0 Å². The third-order valence-corrected chi connectivity index (χ3v) is 11.9. The highest BCUT2D eigenvalue weighted by atomic mass is 16.7. The predicted molar refractivity (Wildman–Crippen MR) is 260 cm³/mol. The molecule has 0 bridgehead atoms. The largest absolute Gasteiger partial charge is 0.497 e. The van der Waals surface area contributed by atoms with E-state index in [4.69, 9.17) is 43.7 Å². The summed E-state index contributed by atoms with van der Waals surface area (Å²) in [5.41, 5.74) is 9.89. The molecule has 70 heavy (non-hydrogen) atoms. The minimum atomic E-state index is -1.17. The number of carbonyl (C=O) groups excluding carboxylic acids is 4. The van der Waals surface area contributed by atoms with Crippen LogP contribution in [-0.4, -0.2) is 89.5 Å². The quantitative estimate of drug-likeness (QED) is 0.0474. The van der Waals surface area contributed by atoms with E-state index in [1.165, 1.54) is 6.20 Å². The molecule has 0 spiro atoms. The maximum atomic E-state index is 13.6. The maximum Gasteiger partial charge on any atom is 0.494 e. The van der Waals surface area contributed by atoms with E-state index in [-0.39, 0.29) is 67.7 Å². The number of hydrogen-bond acceptors (Lipinski definition) is 17. The van der Waals surface area contributed by atoms with Gasteiger partial charge in [0.15, 0.2) is 17.0 Å². The number of nitrogens with two attached hydrogens (primary N) is 1. The lowest BCUT2D eigenvalue weighted by molar-refractivity contribution is -0.148. The second-order valence-electron chi connectivity index (χ2n) is 17.4. The first-order valence-electron chi connectivity index (χ1n) is 22.4. The van der Waals surface area contributed by atoms with Gasteiger partial charge < -0.3 is 48.9 Å². The first-order valence-corrected chi connectivity index (χ1v) is 22.4. The van der Waals surface area contributed by atoms with Gasteiger partial charge in [0.05, 0.1) is 43.9 Å². The number of hydrogen-bond donors (Lipinski definition) is 3. The fourth-order valence-corrected chi connectivity index (χ4v) is 7.04. The number of nitrogens with zero attached hydrogens (tertiary/aromatic N) is 5. The smallest absolute Gasteiger partial charge is 0.494 e. The number of esters is 2. The highest BCUT2D eigenvalue weighted by Gasteiger charge is 2.51. The van der Waals surface area contributed by atoms with Crippen molar-refractivity contribution < 1.29 is 52.2 Å². The molecule has 0 unspecified atom stereocenters. The van der Waals surface area contributed by atoms with Gasteiger partial charge in [-0.15, -0.1) is 0 Å². The molecular weight excluding hydrogens is 899 g/mol. The molecule has 0 saturated carbocycles. The summed E-state index contributed by atoms with van der Waals surface area (Å²) in [6, 6.07) is 27.0. The van der Waals surface area contributed by atoms with Crippen molar-refractivity contribution in [3.05, 3.63) is 131 Å². The number of anilines is 3. The number of carbonyl (C=O) groups is 4. The molecule has 1 aliphatic heterocycles. The van der Waals surface area contributed by atoms with Crippen molar-refractivity contribution in [1.82, 2.24) is 25.3 Å². The van der Waals surface area contributed by atoms with Crippen LogP contribution in [-0.2, 0) is 59.5 Å². The average Bonchev–Trinajstić information content (AvgIpc) is 3.58. The molecule has 19 nitrogen and oxygen atoms in total. The van der Waals surface area contributed by atoms with Crippen molar-refractivity contribution in [2.75, 3.05) is 37.2 Å². The lowest BCUT2D eigenvalue weighted by atomic mass is 9.79. The highest BCUT2D eigenvalue weighted by molar-refractivity contribution is 6.62. The molecule has 364 valence electrons. The van der Waals surface area contributed by atoms with Gasteiger partial charge >= 0.3 is 25.2 Å². The Bertz CT molecular complexity index is 2780. The number of methoxy groups -OCH3 is 2. The second kappa shape index (κ2) is 22.1. The van der Waals surface area contributed by atoms with Gasteiger partial charge in [0.2, 0.25) is 5.95 Å². The Morgan fingerprint density at radius 2 is 1.29 bits per heavy atom. The minimum absolute atomic E-state index is 0.0179. The Kier molecular flexibility index (Phi) is 15.8. The summed E-state index contributed by atoms with van der Waals surface area (Å²) in [5.74, 6) is -0.615. The summed E-state index contributed by atoms with van der Waals surface area (Å²) < 4.78 is 39.2. The Balaban J connectivity index is 0.950. The highest BCUT2D eigenvalue weighted by Crippen LogP contribution is 2.36. The summed E-state index contributed by atoms with van der Waals surface area (Å²) >= 11 is 0. The zero-order valence-corrected chi connectivity index (χ0v) is 40.0. The van der Waals surface area contributed by atoms with E-state index < -0.39 is 48.3 Å². The van der Waals surface area contributed by atoms with Crippen molar-refractivity contribution >= 4 is 65.1 Å². The first-order chi connectivity index (χ1) is 33.5. The number of nitrogen functional groups attached to an aromatic ring is 1. The molecule has 1 atom stereocenters. The topological polar surface area (TPSA) is 238 Å². The number of ether oxygens (including phenoxy) is 5. The van der Waals surface area contributed by atoms with Gasteiger partial charge in [-0.3, -0.25) is 14.9 Å². The van der Waals surface area contributed by atoms with Gasteiger partial charge in [-0.2, -0.15) is 9.97 Å². The molecule has 1 fully saturated rings. The van der Waals surface area contributed by atoms with Gasteiger partial charge in [0.1, 0.15) is 37.4 Å². The monoisotopic (exact) mass is 954 g/mol. The SMILES string of the molecule is COc1ccc(COC(=O)CC[C@H](NC(=O)c2ccc(N(C)Cc3cnc4nc(N)nc(NC(=O)OCc5ccc(B6OC(C)(C)C(C)(C)O6)cc5)c4n3)cc2)C(=O)OCc2ccc(OC)cc2)cc1. The van der Waals surface area contributed by atoms with Crippen molar-refractivity contribution in [2.24, 2.45) is 0 Å². The standard InChI is InChI=1S/C50H55BN8O11/c1-49(2)50(3,4)70-51(69-49)35-16-8-31(9-17-35)30-68-48(63)58-44-42-43(56-47(52)57-44)53-26-36(54-42)27-59(5)37-18-14-34(15-19-37)45(61)55-40(46(62)67-29-33-12-22-39(65-7)23-13-33)24-25-41(60)66-28-32-10-20-38(64-6)21-11-32/h8-23,26,40H,24-25,27-30H2,1-7H3,(H,55,61)(H3,52,53,56,57,58,63)/t40-/m0/s1. The van der Waals surface area contributed by atoms with Crippen molar-refractivity contribution in [3.63, 3.8) is 0 Å². The first kappa shape index (κ1) is 50.1. The van der Waals surface area contributed by atoms with Crippen LogP contribution < -0.4 is 36.2 Å². The van der Waals surface area contributed by atoms with Crippen LogP contribution in [0, 0.1) is 0 Å². The Morgan fingerprint density at radius 3 is 1.87 bits per heavy atom. The Hall–Kier alpha value is -7.84. The zero-order valence-electron chi connectivity index (χ0n) is 40.0. The average molecular weight is 955 g/mol. The zero-order chi connectivity index (χ0) is 50.0. The summed E-state index contributed by atoms with van der Waals surface area (Å²) in [5, 5.41) is 5.35. The van der Waals surface area contributed by atoms with Crippen molar-refractivity contribution in [1.29, 1.82) is 0 Å². The molecule has 4 N–H and O–H groups in total. The summed E-state index contributed by atoms with van der Waals surface area (Å²) in [6.45, 7) is 8.15. The van der Waals surface area contributed by atoms with Crippen LogP contribution in [0.25, 0.3) is 11.2 Å². The fourth-order valence-electron chi connectivity index (χ4n) is 7.04. The van der Waals surface area contributed by atoms with E-state index in [0.29, 0.717) is 28.4 Å². The van der Waals surface area contributed by atoms with Gasteiger partial charge in [0, 0.05) is 24.7 Å². The Labute approximate surface area is 405 Å². The number of fused-ring (bicyclic) bond motifs is 1. The molecular formula is C50H55BN8O11. The van der Waals surface area contributed by atoms with Crippen molar-refractivity contribution in [3.8, 4) is 11.5 Å². The molecule has 0 radical (unpaired) electrons. The summed E-state index contributed by atoms with van der Waals surface area (Å²) in [4.78, 5) is 72.2. The minimum Gasteiger partial charge on any atom is -0.497 e. The van der Waals surface area contributed by atoms with Crippen LogP contribution in [0.1, 0.15) is 73.3 Å². The van der Waals surface area contributed by atoms with Gasteiger partial charge in [0.25, 0.3) is 5.91 Å². The third-order valence-electron chi connectivity index (χ3n) is 11.9. The van der Waals surface area contributed by atoms with Gasteiger partial charge in [-0.25, -0.2) is 19.6 Å². The van der Waals surface area contributed by atoms with Crippen LogP contribution in [0.2, 0.25) is 0 Å². The molecule has 1 saturated heterocycles. The van der Waals surface area contributed by atoms with Crippen LogP contribution in [0.5, 0.6) is 11.5 Å². The maximum absolute atomic E-state index is 13.6. The summed E-state index contributed by atoms with van der Waals surface area (Å²) in [6.07, 6.45) is 0.508. The molecule has 2 amide bonds. The molecule has 6 aromatic rings. The van der Waals surface area contributed by atoms with Crippen LogP contribution in [0.3, 0.4) is 0 Å². The van der Waals surface area contributed by atoms with Crippen LogP contribution in [0.4, 0.5) is 22.2 Å². The lowest BCUT2D eigenvalue weighted by Crippen LogP contribution is -2.42. The number of rotatable bonds is 19. The van der Waals surface area contributed by atoms with E-state index in [0.717, 1.165) is 16.6 Å². The van der Waals surface area contributed by atoms with E-state index in [2.05, 4.69) is 25.6 Å². The van der Waals surface area contributed by atoms with E-state index in [1.807, 2.05) is 63.9 Å². The van der Waals surface area contributed by atoms with E-state index in [1.54, 1.807) is 87.0 Å². The third kappa shape index (κ3) is 12.8. The van der Waals surface area contributed by atoms with Gasteiger partial charge in [-0.1, -0.05) is 48.5 Å². The number of nitrogens with one attached hydrogen (secondary N) is 2. The molecule has 0 aliphatic carbocycles. The van der Waals surface area contributed by atoms with E-state index in [9.17, 15) is 19.2 Å². The second-order valence-corrected chi connectivity index (χ2v) is 17.4. The fraction of sp³-hybridized carbons (Fsp3) is 0.320. The van der Waals surface area contributed by atoms with Gasteiger partial charge in [-0.05, 0) is 105 Å². The summed E-state index contributed by atoms with van der Waals surface area (Å²) in [7, 11) is 4.42. The molecule has 4 aromatic carbocycles. The molecule has 7 rings (SSSR count). The normalized spacial score (nSPS) is 14.0. The molecule has 1 aliphatic rings. The molecule has 2 aromatic heterocycles. The lowest BCUT2D eigenvalue weighted by Gasteiger charge is -2.32. The van der Waals surface area contributed by atoms with Crippen LogP contribution in [0.15, 0.2) is 103 Å². The van der Waals surface area contributed by atoms with Crippen molar-refractivity contribution in [2.45, 2.75) is 84.1 Å². The number of aromatic nitrogens is 4. The Morgan fingerprint density at radius 1 is 0.729 bits per heavy atom. The number of amides is 2.